The smallest absolute Gasteiger partial charge is 0.123 e. The Balaban J connectivity index is 2.47. The first-order valence-electron chi connectivity index (χ1n) is 5.67. The average molecular weight is 289 g/mol. The fourth-order valence-electron chi connectivity index (χ4n) is 1.57. The summed E-state index contributed by atoms with van der Waals surface area (Å²) >= 11 is 3.47. The Morgan fingerprint density at radius 3 is 2.81 bits per heavy atom. The molecule has 16 heavy (non-hydrogen) atoms. The van der Waals surface area contributed by atoms with E-state index in [1.165, 1.54) is 6.07 Å². The molecule has 1 nitrogen and oxygen atoms in total. The van der Waals surface area contributed by atoms with E-state index in [9.17, 15) is 4.39 Å². The first-order valence-corrected chi connectivity index (χ1v) is 6.79. The van der Waals surface area contributed by atoms with Gasteiger partial charge < -0.3 is 4.74 Å². The second-order valence-electron chi connectivity index (χ2n) is 3.81. The first-order chi connectivity index (χ1) is 7.77. The van der Waals surface area contributed by atoms with E-state index in [4.69, 9.17) is 4.74 Å². The first kappa shape index (κ1) is 13.7. The highest BCUT2D eigenvalue weighted by atomic mass is 79.9. The van der Waals surface area contributed by atoms with Crippen LogP contribution in [-0.2, 0) is 4.74 Å². The van der Waals surface area contributed by atoms with Crippen molar-refractivity contribution in [1.29, 1.82) is 0 Å². The van der Waals surface area contributed by atoms with E-state index in [1.807, 2.05) is 6.07 Å². The molecule has 1 atom stereocenters. The van der Waals surface area contributed by atoms with Crippen LogP contribution < -0.4 is 0 Å². The molecule has 3 heteroatoms. The van der Waals surface area contributed by atoms with Gasteiger partial charge >= 0.3 is 0 Å². The minimum atomic E-state index is -0.169. The molecular formula is C13H18BrFO. The number of halogens is 2. The maximum Gasteiger partial charge on any atom is 0.123 e. The van der Waals surface area contributed by atoms with Gasteiger partial charge in [-0.25, -0.2) is 4.39 Å². The molecule has 0 aromatic heterocycles. The van der Waals surface area contributed by atoms with Crippen molar-refractivity contribution in [3.8, 4) is 0 Å². The molecule has 0 aliphatic rings. The Bertz CT molecular complexity index is 304. The van der Waals surface area contributed by atoms with E-state index in [0.29, 0.717) is 5.92 Å². The predicted molar refractivity (Wildman–Crippen MR) is 68.7 cm³/mol. The third-order valence-corrected chi connectivity index (χ3v) is 3.25. The van der Waals surface area contributed by atoms with Crippen molar-refractivity contribution >= 4 is 15.9 Å². The normalized spacial score (nSPS) is 12.7. The number of ether oxygens (including phenoxy) is 1. The maximum atomic E-state index is 13.1. The third kappa shape index (κ3) is 4.62. The molecule has 0 spiro atoms. The van der Waals surface area contributed by atoms with Gasteiger partial charge in [0, 0.05) is 18.5 Å². The van der Waals surface area contributed by atoms with Crippen molar-refractivity contribution in [3.05, 3.63) is 35.6 Å². The SMILES string of the molecule is CCCOCCC(CBr)c1cccc(F)c1. The van der Waals surface area contributed by atoms with Gasteiger partial charge in [0.25, 0.3) is 0 Å². The van der Waals surface area contributed by atoms with E-state index in [2.05, 4.69) is 22.9 Å². The third-order valence-electron chi connectivity index (χ3n) is 2.47. The molecule has 0 N–H and O–H groups in total. The van der Waals surface area contributed by atoms with E-state index >= 15 is 0 Å². The minimum Gasteiger partial charge on any atom is -0.381 e. The molecule has 0 saturated heterocycles. The van der Waals surface area contributed by atoms with Crippen molar-refractivity contribution in [1.82, 2.24) is 0 Å². The lowest BCUT2D eigenvalue weighted by Gasteiger charge is -2.14. The number of alkyl halides is 1. The molecule has 1 rings (SSSR count). The summed E-state index contributed by atoms with van der Waals surface area (Å²) in [6, 6.07) is 6.80. The Morgan fingerprint density at radius 2 is 2.19 bits per heavy atom. The summed E-state index contributed by atoms with van der Waals surface area (Å²) in [5.41, 5.74) is 1.04. The molecule has 0 heterocycles. The zero-order valence-corrected chi connectivity index (χ0v) is 11.2. The summed E-state index contributed by atoms with van der Waals surface area (Å²) in [5, 5.41) is 0.839. The van der Waals surface area contributed by atoms with Crippen LogP contribution in [0.2, 0.25) is 0 Å². The summed E-state index contributed by atoms with van der Waals surface area (Å²) in [6.45, 7) is 3.63. The van der Waals surface area contributed by atoms with Gasteiger partial charge in [0.15, 0.2) is 0 Å². The van der Waals surface area contributed by atoms with E-state index in [1.54, 1.807) is 12.1 Å². The lowest BCUT2D eigenvalue weighted by molar-refractivity contribution is 0.129. The zero-order chi connectivity index (χ0) is 11.8. The minimum absolute atomic E-state index is 0.169. The van der Waals surface area contributed by atoms with Crippen molar-refractivity contribution in [2.24, 2.45) is 0 Å². The molecular weight excluding hydrogens is 271 g/mol. The van der Waals surface area contributed by atoms with Gasteiger partial charge in [0.05, 0.1) is 0 Å². The van der Waals surface area contributed by atoms with Gasteiger partial charge in [-0.1, -0.05) is 35.0 Å². The topological polar surface area (TPSA) is 9.23 Å². The van der Waals surface area contributed by atoms with Crippen molar-refractivity contribution < 1.29 is 9.13 Å². The van der Waals surface area contributed by atoms with E-state index in [-0.39, 0.29) is 5.82 Å². The van der Waals surface area contributed by atoms with Crippen LogP contribution in [0.25, 0.3) is 0 Å². The second-order valence-corrected chi connectivity index (χ2v) is 4.45. The number of benzene rings is 1. The molecule has 1 aromatic rings. The van der Waals surface area contributed by atoms with Crippen LogP contribution in [0.1, 0.15) is 31.2 Å². The van der Waals surface area contributed by atoms with Gasteiger partial charge in [-0.2, -0.15) is 0 Å². The maximum absolute atomic E-state index is 13.1. The van der Waals surface area contributed by atoms with Gasteiger partial charge in [-0.3, -0.25) is 0 Å². The monoisotopic (exact) mass is 288 g/mol. The summed E-state index contributed by atoms with van der Waals surface area (Å²) in [4.78, 5) is 0. The molecule has 0 amide bonds. The molecule has 0 aliphatic heterocycles. The number of rotatable bonds is 7. The molecule has 0 saturated carbocycles. The molecule has 1 unspecified atom stereocenters. The number of hydrogen-bond acceptors (Lipinski definition) is 1. The highest BCUT2D eigenvalue weighted by molar-refractivity contribution is 9.09. The lowest BCUT2D eigenvalue weighted by atomic mass is 9.98. The molecule has 0 aliphatic carbocycles. The molecule has 0 radical (unpaired) electrons. The Morgan fingerprint density at radius 1 is 1.38 bits per heavy atom. The van der Waals surface area contributed by atoms with Crippen molar-refractivity contribution in [3.63, 3.8) is 0 Å². The van der Waals surface area contributed by atoms with Gasteiger partial charge in [-0.05, 0) is 36.5 Å². The van der Waals surface area contributed by atoms with Gasteiger partial charge in [0.1, 0.15) is 5.82 Å². The summed E-state index contributed by atoms with van der Waals surface area (Å²) in [5.74, 6) is 0.158. The van der Waals surface area contributed by atoms with Gasteiger partial charge in [-0.15, -0.1) is 0 Å². The zero-order valence-electron chi connectivity index (χ0n) is 9.59. The molecule has 90 valence electrons. The predicted octanol–water partition coefficient (Wildman–Crippen LogP) is 4.12. The lowest BCUT2D eigenvalue weighted by Crippen LogP contribution is -2.06. The van der Waals surface area contributed by atoms with Crippen LogP contribution in [0.4, 0.5) is 4.39 Å². The Hall–Kier alpha value is -0.410. The molecule has 1 aromatic carbocycles. The van der Waals surface area contributed by atoms with Crippen LogP contribution in [0.5, 0.6) is 0 Å². The Labute approximate surface area is 105 Å². The van der Waals surface area contributed by atoms with E-state index < -0.39 is 0 Å². The van der Waals surface area contributed by atoms with Crippen LogP contribution >= 0.6 is 15.9 Å². The van der Waals surface area contributed by atoms with Crippen LogP contribution in [0.3, 0.4) is 0 Å². The molecule has 0 bridgehead atoms. The molecule has 0 fully saturated rings. The average Bonchev–Trinajstić information content (AvgIpc) is 2.29. The van der Waals surface area contributed by atoms with Crippen LogP contribution in [0.15, 0.2) is 24.3 Å². The quantitative estimate of drug-likeness (QED) is 0.542. The second kappa shape index (κ2) is 7.80. The highest BCUT2D eigenvalue weighted by Gasteiger charge is 2.10. The van der Waals surface area contributed by atoms with Gasteiger partial charge in [0.2, 0.25) is 0 Å². The standard InChI is InChI=1S/C13H18BrFO/c1-2-7-16-8-6-12(10-14)11-4-3-5-13(15)9-11/h3-5,9,12H,2,6-8,10H2,1H3. The Kier molecular flexibility index (Phi) is 6.65. The largest absolute Gasteiger partial charge is 0.381 e. The summed E-state index contributed by atoms with van der Waals surface area (Å²) in [7, 11) is 0. The van der Waals surface area contributed by atoms with E-state index in [0.717, 1.165) is 36.9 Å². The summed E-state index contributed by atoms with van der Waals surface area (Å²) in [6.07, 6.45) is 1.97. The van der Waals surface area contributed by atoms with Crippen molar-refractivity contribution in [2.45, 2.75) is 25.7 Å². The van der Waals surface area contributed by atoms with Crippen LogP contribution in [-0.4, -0.2) is 18.5 Å². The fourth-order valence-corrected chi connectivity index (χ4v) is 2.26. The highest BCUT2D eigenvalue weighted by Crippen LogP contribution is 2.22. The summed E-state index contributed by atoms with van der Waals surface area (Å²) < 4.78 is 18.5. The van der Waals surface area contributed by atoms with Crippen molar-refractivity contribution in [2.75, 3.05) is 18.5 Å². The fraction of sp³-hybridized carbons (Fsp3) is 0.538. The van der Waals surface area contributed by atoms with Crippen LogP contribution in [0, 0.1) is 5.82 Å². The number of hydrogen-bond donors (Lipinski definition) is 0.